The SMILES string of the molecule is Cc1nc(NC(=O)CN2CCCC(C(=O)NCCc3c[nH]c4ccccc34)C2)sc1C. The van der Waals surface area contributed by atoms with Crippen LogP contribution in [0.5, 0.6) is 0 Å². The summed E-state index contributed by atoms with van der Waals surface area (Å²) < 4.78 is 0. The molecule has 0 spiro atoms. The van der Waals surface area contributed by atoms with Gasteiger partial charge in [0.05, 0.1) is 18.2 Å². The van der Waals surface area contributed by atoms with Crippen LogP contribution in [-0.4, -0.2) is 52.9 Å². The zero-order valence-corrected chi connectivity index (χ0v) is 18.8. The summed E-state index contributed by atoms with van der Waals surface area (Å²) in [5, 5.41) is 7.82. The van der Waals surface area contributed by atoms with Gasteiger partial charge >= 0.3 is 0 Å². The molecule has 1 aliphatic heterocycles. The Labute approximate surface area is 186 Å². The van der Waals surface area contributed by atoms with Crippen LogP contribution in [0, 0.1) is 19.8 Å². The molecule has 0 aliphatic carbocycles. The molecule has 1 saturated heterocycles. The Balaban J connectivity index is 1.24. The molecule has 1 aliphatic rings. The van der Waals surface area contributed by atoms with Crippen LogP contribution in [0.25, 0.3) is 10.9 Å². The van der Waals surface area contributed by atoms with E-state index in [9.17, 15) is 9.59 Å². The van der Waals surface area contributed by atoms with Crippen molar-refractivity contribution in [2.75, 3.05) is 31.5 Å². The number of para-hydroxylation sites is 1. The lowest BCUT2D eigenvalue weighted by atomic mass is 9.97. The van der Waals surface area contributed by atoms with Crippen LogP contribution in [0.1, 0.15) is 29.0 Å². The van der Waals surface area contributed by atoms with Crippen molar-refractivity contribution in [1.29, 1.82) is 0 Å². The Morgan fingerprint density at radius 3 is 2.94 bits per heavy atom. The average molecular weight is 440 g/mol. The third kappa shape index (κ3) is 5.32. The Kier molecular flexibility index (Phi) is 6.67. The zero-order valence-electron chi connectivity index (χ0n) is 18.0. The summed E-state index contributed by atoms with van der Waals surface area (Å²) in [5.74, 6) is -0.0702. The van der Waals surface area contributed by atoms with Crippen molar-refractivity contribution in [2.24, 2.45) is 5.92 Å². The number of carbonyl (C=O) groups excluding carboxylic acids is 2. The van der Waals surface area contributed by atoms with Crippen molar-refractivity contribution < 1.29 is 9.59 Å². The van der Waals surface area contributed by atoms with Gasteiger partial charge in [-0.3, -0.25) is 14.5 Å². The van der Waals surface area contributed by atoms with Crippen LogP contribution in [-0.2, 0) is 16.0 Å². The highest BCUT2D eigenvalue weighted by atomic mass is 32.1. The minimum Gasteiger partial charge on any atom is -0.361 e. The fourth-order valence-corrected chi connectivity index (χ4v) is 4.94. The second-order valence-electron chi connectivity index (χ2n) is 8.18. The lowest BCUT2D eigenvalue weighted by Gasteiger charge is -2.31. The molecule has 0 saturated carbocycles. The smallest absolute Gasteiger partial charge is 0.240 e. The summed E-state index contributed by atoms with van der Waals surface area (Å²) in [6.07, 6.45) is 4.59. The van der Waals surface area contributed by atoms with Crippen molar-refractivity contribution in [3.63, 3.8) is 0 Å². The van der Waals surface area contributed by atoms with Gasteiger partial charge < -0.3 is 15.6 Å². The van der Waals surface area contributed by atoms with E-state index in [4.69, 9.17) is 0 Å². The summed E-state index contributed by atoms with van der Waals surface area (Å²) in [7, 11) is 0. The summed E-state index contributed by atoms with van der Waals surface area (Å²) in [5.41, 5.74) is 3.28. The van der Waals surface area contributed by atoms with Crippen molar-refractivity contribution in [2.45, 2.75) is 33.1 Å². The number of fused-ring (bicyclic) bond motifs is 1. The highest BCUT2D eigenvalue weighted by Gasteiger charge is 2.26. The standard InChI is InChI=1S/C23H29N5O2S/c1-15-16(2)31-23(26-15)27-21(29)14-28-11-5-6-18(13-28)22(30)24-10-9-17-12-25-20-8-4-3-7-19(17)20/h3-4,7-8,12,18,25H,5-6,9-11,13-14H2,1-2H3,(H,24,30)(H,26,27,29). The van der Waals surface area contributed by atoms with E-state index in [2.05, 4.69) is 37.6 Å². The highest BCUT2D eigenvalue weighted by molar-refractivity contribution is 7.15. The van der Waals surface area contributed by atoms with Crippen molar-refractivity contribution in [3.05, 3.63) is 46.6 Å². The molecular weight excluding hydrogens is 410 g/mol. The Hall–Kier alpha value is -2.71. The Morgan fingerprint density at radius 1 is 1.29 bits per heavy atom. The second kappa shape index (κ2) is 9.62. The quantitative estimate of drug-likeness (QED) is 0.527. The molecule has 2 aromatic heterocycles. The van der Waals surface area contributed by atoms with Gasteiger partial charge in [0.2, 0.25) is 11.8 Å². The molecule has 164 valence electrons. The number of likely N-dealkylation sites (tertiary alicyclic amines) is 1. The molecule has 7 nitrogen and oxygen atoms in total. The first-order chi connectivity index (χ1) is 15.0. The number of rotatable bonds is 7. The van der Waals surface area contributed by atoms with Crippen molar-refractivity contribution in [3.8, 4) is 0 Å². The number of hydrogen-bond acceptors (Lipinski definition) is 5. The van der Waals surface area contributed by atoms with Crippen LogP contribution < -0.4 is 10.6 Å². The monoisotopic (exact) mass is 439 g/mol. The van der Waals surface area contributed by atoms with Gasteiger partial charge in [0.15, 0.2) is 5.13 Å². The number of hydrogen-bond donors (Lipinski definition) is 3. The topological polar surface area (TPSA) is 90.1 Å². The summed E-state index contributed by atoms with van der Waals surface area (Å²) in [6.45, 7) is 6.28. The Morgan fingerprint density at radius 2 is 2.13 bits per heavy atom. The zero-order chi connectivity index (χ0) is 21.8. The van der Waals surface area contributed by atoms with E-state index >= 15 is 0 Å². The molecule has 1 aromatic carbocycles. The number of anilines is 1. The van der Waals surface area contributed by atoms with Gasteiger partial charge in [-0.1, -0.05) is 18.2 Å². The van der Waals surface area contributed by atoms with Crippen LogP contribution in [0.4, 0.5) is 5.13 Å². The second-order valence-corrected chi connectivity index (χ2v) is 9.39. The largest absolute Gasteiger partial charge is 0.361 e. The molecule has 2 amide bonds. The van der Waals surface area contributed by atoms with E-state index < -0.39 is 0 Å². The van der Waals surface area contributed by atoms with Crippen molar-refractivity contribution in [1.82, 2.24) is 20.2 Å². The number of nitrogens with one attached hydrogen (secondary N) is 3. The normalized spacial score (nSPS) is 17.0. The lowest BCUT2D eigenvalue weighted by molar-refractivity contribution is -0.127. The number of nitrogens with zero attached hydrogens (tertiary/aromatic N) is 2. The maximum absolute atomic E-state index is 12.7. The first-order valence-corrected chi connectivity index (χ1v) is 11.6. The molecule has 3 aromatic rings. The highest BCUT2D eigenvalue weighted by Crippen LogP contribution is 2.22. The summed E-state index contributed by atoms with van der Waals surface area (Å²) >= 11 is 1.49. The van der Waals surface area contributed by atoms with Gasteiger partial charge in [-0.2, -0.15) is 0 Å². The third-order valence-electron chi connectivity index (χ3n) is 5.89. The van der Waals surface area contributed by atoms with E-state index in [0.29, 0.717) is 18.2 Å². The van der Waals surface area contributed by atoms with E-state index in [1.807, 2.05) is 32.2 Å². The van der Waals surface area contributed by atoms with Gasteiger partial charge in [-0.25, -0.2) is 4.98 Å². The molecule has 0 radical (unpaired) electrons. The predicted octanol–water partition coefficient (Wildman–Crippen LogP) is 3.25. The van der Waals surface area contributed by atoms with Gasteiger partial charge in [-0.15, -0.1) is 11.3 Å². The molecule has 1 fully saturated rings. The first-order valence-electron chi connectivity index (χ1n) is 10.8. The van der Waals surface area contributed by atoms with Crippen LogP contribution in [0.15, 0.2) is 30.5 Å². The predicted molar refractivity (Wildman–Crippen MR) is 124 cm³/mol. The number of H-pyrrole nitrogens is 1. The molecular formula is C23H29N5O2S. The summed E-state index contributed by atoms with van der Waals surface area (Å²) in [6, 6.07) is 8.20. The molecule has 1 atom stereocenters. The molecule has 3 N–H and O–H groups in total. The molecule has 8 heteroatoms. The van der Waals surface area contributed by atoms with Crippen LogP contribution in [0.3, 0.4) is 0 Å². The number of aryl methyl sites for hydroxylation is 2. The number of piperidine rings is 1. The molecule has 4 rings (SSSR count). The minimum absolute atomic E-state index is 0.0749. The van der Waals surface area contributed by atoms with Gasteiger partial charge in [0.25, 0.3) is 0 Å². The fraction of sp³-hybridized carbons (Fsp3) is 0.435. The van der Waals surface area contributed by atoms with E-state index in [-0.39, 0.29) is 24.3 Å². The van der Waals surface area contributed by atoms with Gasteiger partial charge in [-0.05, 0) is 51.3 Å². The van der Waals surface area contributed by atoms with Crippen LogP contribution in [0.2, 0.25) is 0 Å². The average Bonchev–Trinajstić information content (AvgIpc) is 3.30. The van der Waals surface area contributed by atoms with E-state index in [0.717, 1.165) is 41.9 Å². The molecule has 0 bridgehead atoms. The summed E-state index contributed by atoms with van der Waals surface area (Å²) in [4.78, 5) is 35.9. The lowest BCUT2D eigenvalue weighted by Crippen LogP contribution is -2.45. The fourth-order valence-electron chi connectivity index (χ4n) is 4.10. The minimum atomic E-state index is -0.0751. The number of aromatic amines is 1. The van der Waals surface area contributed by atoms with E-state index in [1.54, 1.807) is 0 Å². The maximum Gasteiger partial charge on any atom is 0.240 e. The molecule has 1 unspecified atom stereocenters. The number of amides is 2. The third-order valence-corrected chi connectivity index (χ3v) is 6.88. The molecule has 3 heterocycles. The first kappa shape index (κ1) is 21.5. The maximum atomic E-state index is 12.7. The van der Waals surface area contributed by atoms with Gasteiger partial charge in [0, 0.05) is 35.1 Å². The van der Waals surface area contributed by atoms with E-state index in [1.165, 1.54) is 22.3 Å². The molecule has 31 heavy (non-hydrogen) atoms. The van der Waals surface area contributed by atoms with Crippen molar-refractivity contribution >= 4 is 39.2 Å². The number of carbonyl (C=O) groups is 2. The van der Waals surface area contributed by atoms with Crippen LogP contribution >= 0.6 is 11.3 Å². The van der Waals surface area contributed by atoms with Gasteiger partial charge in [0.1, 0.15) is 0 Å². The number of thiazole rings is 1. The number of aromatic nitrogens is 2. The Bertz CT molecular complexity index is 1050. The number of benzene rings is 1.